The van der Waals surface area contributed by atoms with Crippen molar-refractivity contribution in [3.05, 3.63) is 66.0 Å². The maximum absolute atomic E-state index is 13.0. The number of halogens is 1. The highest BCUT2D eigenvalue weighted by Crippen LogP contribution is 2.18. The Labute approximate surface area is 181 Å². The minimum Gasteiger partial charge on any atom is -0.349 e. The first kappa shape index (κ1) is 22.4. The van der Waals surface area contributed by atoms with Gasteiger partial charge in [-0.2, -0.15) is 0 Å². The summed E-state index contributed by atoms with van der Waals surface area (Å²) in [5.74, 6) is -0.746. The van der Waals surface area contributed by atoms with E-state index in [1.165, 1.54) is 31.2 Å². The predicted molar refractivity (Wildman–Crippen MR) is 116 cm³/mol. The fourth-order valence-electron chi connectivity index (χ4n) is 3.58. The summed E-state index contributed by atoms with van der Waals surface area (Å²) in [5.41, 5.74) is 1.44. The zero-order valence-corrected chi connectivity index (χ0v) is 17.5. The van der Waals surface area contributed by atoms with Crippen LogP contribution in [0, 0.1) is 5.82 Å². The topological polar surface area (TPSA) is 81.8 Å². The van der Waals surface area contributed by atoms with Crippen LogP contribution >= 0.6 is 0 Å². The smallest absolute Gasteiger partial charge is 0.238 e. The van der Waals surface area contributed by atoms with E-state index in [0.29, 0.717) is 31.9 Å². The van der Waals surface area contributed by atoms with Crippen molar-refractivity contribution in [2.24, 2.45) is 0 Å². The molecule has 2 aromatic carbocycles. The van der Waals surface area contributed by atoms with Gasteiger partial charge >= 0.3 is 0 Å². The van der Waals surface area contributed by atoms with Crippen LogP contribution in [0.4, 0.5) is 10.1 Å². The van der Waals surface area contributed by atoms with Crippen molar-refractivity contribution in [3.63, 3.8) is 0 Å². The lowest BCUT2D eigenvalue weighted by atomic mass is 10.0. The molecular weight excluding hydrogens is 399 g/mol. The number of nitrogens with zero attached hydrogens (tertiary/aromatic N) is 2. The SMILES string of the molecule is CC(=O)N[C@H](CC(=O)N1CCN(CC(=O)Nc2ccc(F)cc2)CC1)c1ccccc1. The lowest BCUT2D eigenvalue weighted by Crippen LogP contribution is -2.51. The summed E-state index contributed by atoms with van der Waals surface area (Å²) in [6.07, 6.45) is 0.189. The highest BCUT2D eigenvalue weighted by molar-refractivity contribution is 5.92. The van der Waals surface area contributed by atoms with Crippen LogP contribution < -0.4 is 10.6 Å². The van der Waals surface area contributed by atoms with Crippen LogP contribution in [0.1, 0.15) is 24.9 Å². The molecule has 1 aliphatic heterocycles. The third-order valence-corrected chi connectivity index (χ3v) is 5.18. The molecule has 164 valence electrons. The lowest BCUT2D eigenvalue weighted by molar-refractivity contribution is -0.133. The Hall–Kier alpha value is -3.26. The number of rotatable bonds is 7. The Morgan fingerprint density at radius 1 is 0.968 bits per heavy atom. The molecule has 1 aliphatic rings. The summed E-state index contributed by atoms with van der Waals surface area (Å²) >= 11 is 0. The molecule has 31 heavy (non-hydrogen) atoms. The zero-order chi connectivity index (χ0) is 22.2. The van der Waals surface area contributed by atoms with Crippen molar-refractivity contribution in [2.75, 3.05) is 38.0 Å². The summed E-state index contributed by atoms with van der Waals surface area (Å²) in [5, 5.41) is 5.60. The number of piperazine rings is 1. The lowest BCUT2D eigenvalue weighted by Gasteiger charge is -2.35. The molecule has 1 heterocycles. The normalized spacial score (nSPS) is 15.2. The van der Waals surface area contributed by atoms with Gasteiger partial charge in [0.15, 0.2) is 0 Å². The van der Waals surface area contributed by atoms with Gasteiger partial charge in [-0.05, 0) is 29.8 Å². The van der Waals surface area contributed by atoms with E-state index in [1.54, 1.807) is 4.90 Å². The van der Waals surface area contributed by atoms with Crippen molar-refractivity contribution in [2.45, 2.75) is 19.4 Å². The van der Waals surface area contributed by atoms with Gasteiger partial charge in [0.25, 0.3) is 0 Å². The molecule has 1 fully saturated rings. The van der Waals surface area contributed by atoms with Gasteiger partial charge in [0.05, 0.1) is 19.0 Å². The van der Waals surface area contributed by atoms with E-state index in [1.807, 2.05) is 35.2 Å². The Morgan fingerprint density at radius 3 is 2.23 bits per heavy atom. The van der Waals surface area contributed by atoms with Gasteiger partial charge in [-0.3, -0.25) is 19.3 Å². The molecule has 0 spiro atoms. The van der Waals surface area contributed by atoms with E-state index < -0.39 is 0 Å². The van der Waals surface area contributed by atoms with Gasteiger partial charge in [0.1, 0.15) is 5.82 Å². The molecule has 2 N–H and O–H groups in total. The molecule has 1 atom stereocenters. The van der Waals surface area contributed by atoms with Crippen LogP contribution in [-0.2, 0) is 14.4 Å². The molecule has 0 saturated carbocycles. The summed E-state index contributed by atoms with van der Waals surface area (Å²) < 4.78 is 13.0. The Balaban J connectivity index is 1.47. The minimum atomic E-state index is -0.370. The molecular formula is C23H27FN4O3. The molecule has 0 unspecified atom stereocenters. The molecule has 0 aliphatic carbocycles. The predicted octanol–water partition coefficient (Wildman–Crippen LogP) is 2.18. The fraction of sp³-hybridized carbons (Fsp3) is 0.348. The summed E-state index contributed by atoms with van der Waals surface area (Å²) in [4.78, 5) is 40.4. The average Bonchev–Trinajstić information content (AvgIpc) is 2.75. The van der Waals surface area contributed by atoms with Gasteiger partial charge in [-0.25, -0.2) is 4.39 Å². The van der Waals surface area contributed by atoms with Crippen molar-refractivity contribution < 1.29 is 18.8 Å². The van der Waals surface area contributed by atoms with Crippen molar-refractivity contribution in [1.29, 1.82) is 0 Å². The maximum atomic E-state index is 13.0. The van der Waals surface area contributed by atoms with Crippen LogP contribution in [0.2, 0.25) is 0 Å². The van der Waals surface area contributed by atoms with Crippen molar-refractivity contribution in [1.82, 2.24) is 15.1 Å². The van der Waals surface area contributed by atoms with E-state index in [0.717, 1.165) is 5.56 Å². The van der Waals surface area contributed by atoms with Gasteiger partial charge < -0.3 is 15.5 Å². The van der Waals surface area contributed by atoms with Crippen LogP contribution in [0.25, 0.3) is 0 Å². The fourth-order valence-corrected chi connectivity index (χ4v) is 3.58. The number of hydrogen-bond donors (Lipinski definition) is 2. The van der Waals surface area contributed by atoms with E-state index in [2.05, 4.69) is 10.6 Å². The van der Waals surface area contributed by atoms with E-state index in [9.17, 15) is 18.8 Å². The number of carbonyl (C=O) groups is 3. The standard InChI is InChI=1S/C23H27FN4O3/c1-17(29)25-21(18-5-3-2-4-6-18)15-23(31)28-13-11-27(12-14-28)16-22(30)26-20-9-7-19(24)8-10-20/h2-10,21H,11-16H2,1H3,(H,25,29)(H,26,30)/t21-/m1/s1. The average molecular weight is 426 g/mol. The first-order valence-corrected chi connectivity index (χ1v) is 10.3. The van der Waals surface area contributed by atoms with Crippen LogP contribution in [0.5, 0.6) is 0 Å². The summed E-state index contributed by atoms with van der Waals surface area (Å²) in [6.45, 7) is 3.85. The molecule has 0 bridgehead atoms. The summed E-state index contributed by atoms with van der Waals surface area (Å²) in [7, 11) is 0. The molecule has 8 heteroatoms. The second-order valence-corrected chi connectivity index (χ2v) is 7.58. The van der Waals surface area contributed by atoms with Crippen LogP contribution in [-0.4, -0.2) is 60.2 Å². The second-order valence-electron chi connectivity index (χ2n) is 7.58. The first-order chi connectivity index (χ1) is 14.9. The van der Waals surface area contributed by atoms with Gasteiger partial charge in [0.2, 0.25) is 17.7 Å². The molecule has 1 saturated heterocycles. The number of hydrogen-bond acceptors (Lipinski definition) is 4. The monoisotopic (exact) mass is 426 g/mol. The summed E-state index contributed by atoms with van der Waals surface area (Å²) in [6, 6.07) is 14.7. The molecule has 3 amide bonds. The highest BCUT2D eigenvalue weighted by atomic mass is 19.1. The van der Waals surface area contributed by atoms with Crippen molar-refractivity contribution in [3.8, 4) is 0 Å². The van der Waals surface area contributed by atoms with E-state index >= 15 is 0 Å². The Morgan fingerprint density at radius 2 is 1.61 bits per heavy atom. The third-order valence-electron chi connectivity index (χ3n) is 5.18. The van der Waals surface area contributed by atoms with Gasteiger partial charge in [-0.1, -0.05) is 30.3 Å². The van der Waals surface area contributed by atoms with Gasteiger partial charge in [0, 0.05) is 38.8 Å². The number of amides is 3. The Kier molecular flexibility index (Phi) is 7.72. The quantitative estimate of drug-likeness (QED) is 0.711. The zero-order valence-electron chi connectivity index (χ0n) is 17.5. The molecule has 0 radical (unpaired) electrons. The first-order valence-electron chi connectivity index (χ1n) is 10.3. The van der Waals surface area contributed by atoms with E-state index in [-0.39, 0.29) is 42.5 Å². The number of carbonyl (C=O) groups excluding carboxylic acids is 3. The van der Waals surface area contributed by atoms with Crippen molar-refractivity contribution >= 4 is 23.4 Å². The number of anilines is 1. The number of benzene rings is 2. The third kappa shape index (κ3) is 6.89. The van der Waals surface area contributed by atoms with E-state index in [4.69, 9.17) is 0 Å². The molecule has 3 rings (SSSR count). The molecule has 0 aromatic heterocycles. The largest absolute Gasteiger partial charge is 0.349 e. The molecule has 2 aromatic rings. The second kappa shape index (κ2) is 10.7. The maximum Gasteiger partial charge on any atom is 0.238 e. The highest BCUT2D eigenvalue weighted by Gasteiger charge is 2.25. The van der Waals surface area contributed by atoms with Crippen LogP contribution in [0.3, 0.4) is 0 Å². The number of nitrogens with one attached hydrogen (secondary N) is 2. The van der Waals surface area contributed by atoms with Crippen LogP contribution in [0.15, 0.2) is 54.6 Å². The van der Waals surface area contributed by atoms with Gasteiger partial charge in [-0.15, -0.1) is 0 Å². The Bertz CT molecular complexity index is 897. The molecule has 7 nitrogen and oxygen atoms in total. The minimum absolute atomic E-state index is 0.0296.